The minimum atomic E-state index is 0.959. The molecule has 0 amide bonds. The van der Waals surface area contributed by atoms with E-state index in [2.05, 4.69) is 144 Å². The maximum absolute atomic E-state index is 4.94. The van der Waals surface area contributed by atoms with Crippen molar-refractivity contribution in [3.05, 3.63) is 158 Å². The van der Waals surface area contributed by atoms with Gasteiger partial charge in [-0.05, 0) is 97.7 Å². The lowest BCUT2D eigenvalue weighted by Gasteiger charge is -2.25. The molecule has 0 spiro atoms. The van der Waals surface area contributed by atoms with E-state index in [1.54, 1.807) is 0 Å². The van der Waals surface area contributed by atoms with Crippen LogP contribution in [-0.4, -0.2) is 4.98 Å². The number of para-hydroxylation sites is 2. The van der Waals surface area contributed by atoms with Crippen LogP contribution in [0.25, 0.3) is 54.3 Å². The normalized spacial score (nSPS) is 11.4. The third-order valence-electron chi connectivity index (χ3n) is 8.03. The Morgan fingerprint density at radius 3 is 1.41 bits per heavy atom. The summed E-state index contributed by atoms with van der Waals surface area (Å²) < 4.78 is 0. The van der Waals surface area contributed by atoms with Gasteiger partial charge in [0, 0.05) is 16.9 Å². The standard InChI is InChI=1S/C39H26N2/c1-3-11-30(12-4-1)41(31-13-5-2-6-14-31)32-21-22-39(40-26-32)28-20-19-27-24-37-35-17-9-7-15-33(35)34-16-8-10-18-36(34)38(37)25-29(27)23-28/h1-26H. The monoisotopic (exact) mass is 522 g/mol. The first kappa shape index (κ1) is 23.4. The second kappa shape index (κ2) is 9.62. The van der Waals surface area contributed by atoms with Crippen molar-refractivity contribution in [1.82, 2.24) is 4.98 Å². The molecular weight excluding hydrogens is 496 g/mol. The lowest BCUT2D eigenvalue weighted by Crippen LogP contribution is -2.09. The Bertz CT molecular complexity index is 2150. The van der Waals surface area contributed by atoms with Gasteiger partial charge < -0.3 is 4.90 Å². The van der Waals surface area contributed by atoms with Crippen LogP contribution >= 0.6 is 0 Å². The van der Waals surface area contributed by atoms with Crippen LogP contribution in [0, 0.1) is 0 Å². The number of nitrogens with zero attached hydrogens (tertiary/aromatic N) is 2. The molecule has 0 bridgehead atoms. The van der Waals surface area contributed by atoms with Gasteiger partial charge in [-0.3, -0.25) is 4.98 Å². The molecule has 0 aliphatic heterocycles. The molecule has 2 nitrogen and oxygen atoms in total. The van der Waals surface area contributed by atoms with E-state index in [1.165, 1.54) is 43.1 Å². The lowest BCUT2D eigenvalue weighted by molar-refractivity contribution is 1.23. The zero-order chi connectivity index (χ0) is 27.2. The first-order valence-corrected chi connectivity index (χ1v) is 14.0. The summed E-state index contributed by atoms with van der Waals surface area (Å²) >= 11 is 0. The highest BCUT2D eigenvalue weighted by Gasteiger charge is 2.14. The summed E-state index contributed by atoms with van der Waals surface area (Å²) in [6.07, 6.45) is 1.97. The zero-order valence-corrected chi connectivity index (χ0v) is 22.4. The van der Waals surface area contributed by atoms with Crippen LogP contribution in [0.4, 0.5) is 17.1 Å². The van der Waals surface area contributed by atoms with Crippen molar-refractivity contribution in [2.75, 3.05) is 4.90 Å². The number of anilines is 3. The van der Waals surface area contributed by atoms with Crippen LogP contribution in [0.1, 0.15) is 0 Å². The molecule has 0 fully saturated rings. The zero-order valence-electron chi connectivity index (χ0n) is 22.4. The average molecular weight is 523 g/mol. The van der Waals surface area contributed by atoms with Crippen LogP contribution in [0.2, 0.25) is 0 Å². The highest BCUT2D eigenvalue weighted by Crippen LogP contribution is 2.38. The Hall–Kier alpha value is -5.47. The summed E-state index contributed by atoms with van der Waals surface area (Å²) in [6, 6.07) is 54.0. The second-order valence-electron chi connectivity index (χ2n) is 10.5. The molecule has 41 heavy (non-hydrogen) atoms. The molecule has 192 valence electrons. The molecule has 0 aliphatic carbocycles. The summed E-state index contributed by atoms with van der Waals surface area (Å²) in [5, 5.41) is 10.2. The van der Waals surface area contributed by atoms with E-state index in [0.717, 1.165) is 28.3 Å². The van der Waals surface area contributed by atoms with E-state index in [9.17, 15) is 0 Å². The first-order chi connectivity index (χ1) is 20.3. The van der Waals surface area contributed by atoms with Crippen LogP contribution in [0.3, 0.4) is 0 Å². The van der Waals surface area contributed by atoms with Gasteiger partial charge in [-0.25, -0.2) is 0 Å². The van der Waals surface area contributed by atoms with Gasteiger partial charge in [0.2, 0.25) is 0 Å². The Morgan fingerprint density at radius 2 is 0.878 bits per heavy atom. The van der Waals surface area contributed by atoms with Crippen LogP contribution < -0.4 is 4.90 Å². The Balaban J connectivity index is 1.24. The summed E-state index contributed by atoms with van der Waals surface area (Å²) in [7, 11) is 0. The van der Waals surface area contributed by atoms with E-state index in [1.807, 2.05) is 18.3 Å². The van der Waals surface area contributed by atoms with Crippen molar-refractivity contribution in [2.24, 2.45) is 0 Å². The predicted molar refractivity (Wildman–Crippen MR) is 174 cm³/mol. The maximum atomic E-state index is 4.94. The second-order valence-corrected chi connectivity index (χ2v) is 10.5. The van der Waals surface area contributed by atoms with Crippen LogP contribution in [0.5, 0.6) is 0 Å². The number of hydrogen-bond donors (Lipinski definition) is 0. The van der Waals surface area contributed by atoms with Gasteiger partial charge in [0.25, 0.3) is 0 Å². The molecule has 0 atom stereocenters. The van der Waals surface area contributed by atoms with Gasteiger partial charge in [0.1, 0.15) is 0 Å². The number of fused-ring (bicyclic) bond motifs is 7. The van der Waals surface area contributed by atoms with Gasteiger partial charge in [-0.2, -0.15) is 0 Å². The predicted octanol–water partition coefficient (Wildman–Crippen LogP) is 10.8. The molecule has 8 rings (SSSR count). The molecule has 7 aromatic carbocycles. The minimum Gasteiger partial charge on any atom is -0.309 e. The summed E-state index contributed by atoms with van der Waals surface area (Å²) in [6.45, 7) is 0. The molecular formula is C39H26N2. The quantitative estimate of drug-likeness (QED) is 0.169. The van der Waals surface area contributed by atoms with E-state index in [-0.39, 0.29) is 0 Å². The SMILES string of the molecule is c1ccc(N(c2ccccc2)c2ccc(-c3ccc4cc5c6ccccc6c6ccccc6c5cc4c3)nc2)cc1. The smallest absolute Gasteiger partial charge is 0.0703 e. The minimum absolute atomic E-state index is 0.959. The summed E-state index contributed by atoms with van der Waals surface area (Å²) in [4.78, 5) is 7.17. The highest BCUT2D eigenvalue weighted by molar-refractivity contribution is 6.27. The Morgan fingerprint density at radius 1 is 0.366 bits per heavy atom. The van der Waals surface area contributed by atoms with E-state index in [0.29, 0.717) is 0 Å². The summed E-state index contributed by atoms with van der Waals surface area (Å²) in [5.74, 6) is 0. The molecule has 0 aliphatic rings. The van der Waals surface area contributed by atoms with Crippen molar-refractivity contribution in [3.63, 3.8) is 0 Å². The molecule has 2 heteroatoms. The molecule has 0 N–H and O–H groups in total. The average Bonchev–Trinajstić information content (AvgIpc) is 3.05. The molecule has 1 heterocycles. The third-order valence-corrected chi connectivity index (χ3v) is 8.03. The number of pyridine rings is 1. The highest BCUT2D eigenvalue weighted by atomic mass is 15.1. The van der Waals surface area contributed by atoms with Gasteiger partial charge >= 0.3 is 0 Å². The Kier molecular flexibility index (Phi) is 5.49. The van der Waals surface area contributed by atoms with Gasteiger partial charge in [0.15, 0.2) is 0 Å². The summed E-state index contributed by atoms with van der Waals surface area (Å²) in [5.41, 5.74) is 5.30. The molecule has 0 saturated carbocycles. The fourth-order valence-electron chi connectivity index (χ4n) is 6.10. The number of benzene rings is 7. The van der Waals surface area contributed by atoms with Crippen molar-refractivity contribution >= 4 is 60.2 Å². The maximum Gasteiger partial charge on any atom is 0.0703 e. The molecule has 0 unspecified atom stereocenters. The molecule has 1 aromatic heterocycles. The van der Waals surface area contributed by atoms with Gasteiger partial charge in [-0.1, -0.05) is 97.1 Å². The van der Waals surface area contributed by atoms with Crippen LogP contribution in [0.15, 0.2) is 158 Å². The van der Waals surface area contributed by atoms with Crippen molar-refractivity contribution in [3.8, 4) is 11.3 Å². The first-order valence-electron chi connectivity index (χ1n) is 14.0. The fourth-order valence-corrected chi connectivity index (χ4v) is 6.10. The topological polar surface area (TPSA) is 16.1 Å². The number of rotatable bonds is 4. The molecule has 8 aromatic rings. The van der Waals surface area contributed by atoms with E-state index in [4.69, 9.17) is 4.98 Å². The van der Waals surface area contributed by atoms with E-state index >= 15 is 0 Å². The van der Waals surface area contributed by atoms with Gasteiger partial charge in [0.05, 0.1) is 17.6 Å². The number of hydrogen-bond acceptors (Lipinski definition) is 2. The van der Waals surface area contributed by atoms with Crippen molar-refractivity contribution in [2.45, 2.75) is 0 Å². The largest absolute Gasteiger partial charge is 0.309 e. The third kappa shape index (κ3) is 4.00. The van der Waals surface area contributed by atoms with Crippen molar-refractivity contribution in [1.29, 1.82) is 0 Å². The van der Waals surface area contributed by atoms with Crippen molar-refractivity contribution < 1.29 is 0 Å². The number of aromatic nitrogens is 1. The molecule has 0 radical (unpaired) electrons. The van der Waals surface area contributed by atoms with Gasteiger partial charge in [-0.15, -0.1) is 0 Å². The van der Waals surface area contributed by atoms with E-state index < -0.39 is 0 Å². The lowest BCUT2D eigenvalue weighted by atomic mass is 9.92. The fraction of sp³-hybridized carbons (Fsp3) is 0. The molecule has 0 saturated heterocycles. The van der Waals surface area contributed by atoms with Crippen LogP contribution in [-0.2, 0) is 0 Å². The Labute approximate surface area is 238 Å².